The number of phenolic OH excluding ortho intramolecular Hbond substituents is 1. The zero-order valence-corrected chi connectivity index (χ0v) is 12.2. The van der Waals surface area contributed by atoms with Crippen LogP contribution in [-0.2, 0) is 16.6 Å². The lowest BCUT2D eigenvalue weighted by Gasteiger charge is -2.10. The van der Waals surface area contributed by atoms with Crippen molar-refractivity contribution in [2.75, 3.05) is 12.4 Å². The van der Waals surface area contributed by atoms with Gasteiger partial charge in [-0.05, 0) is 36.4 Å². The Bertz CT molecular complexity index is 727. The molecule has 0 saturated heterocycles. The summed E-state index contributed by atoms with van der Waals surface area (Å²) in [5.74, 6) is 0.705. The summed E-state index contributed by atoms with van der Waals surface area (Å²) < 4.78 is 27.3. The second-order valence-corrected chi connectivity index (χ2v) is 5.98. The van der Waals surface area contributed by atoms with Crippen LogP contribution in [0.1, 0.15) is 5.56 Å². The number of nitrogens with one attached hydrogen (secondary N) is 1. The normalized spacial score (nSPS) is 11.1. The number of hydrogen-bond donors (Lipinski definition) is 3. The smallest absolute Gasteiger partial charge is 0.238 e. The van der Waals surface area contributed by atoms with Crippen LogP contribution in [0, 0.1) is 0 Å². The summed E-state index contributed by atoms with van der Waals surface area (Å²) in [5.41, 5.74) is 1.42. The highest BCUT2D eigenvalue weighted by Gasteiger charge is 2.07. The van der Waals surface area contributed by atoms with E-state index in [0.29, 0.717) is 17.9 Å². The Balaban J connectivity index is 2.06. The second kappa shape index (κ2) is 6.02. The molecule has 6 nitrogen and oxygen atoms in total. The van der Waals surface area contributed by atoms with Gasteiger partial charge in [-0.1, -0.05) is 0 Å². The maximum Gasteiger partial charge on any atom is 0.238 e. The van der Waals surface area contributed by atoms with Crippen molar-refractivity contribution in [2.24, 2.45) is 5.14 Å². The van der Waals surface area contributed by atoms with E-state index in [0.717, 1.165) is 5.69 Å². The van der Waals surface area contributed by atoms with E-state index in [2.05, 4.69) is 5.32 Å². The Morgan fingerprint density at radius 3 is 2.38 bits per heavy atom. The van der Waals surface area contributed by atoms with Crippen LogP contribution in [0.4, 0.5) is 5.69 Å². The molecule has 2 aromatic rings. The molecule has 0 aliphatic carbocycles. The molecule has 0 bridgehead atoms. The number of ether oxygens (including phenoxy) is 1. The molecule has 0 heterocycles. The minimum Gasteiger partial charge on any atom is -0.507 e. The molecule has 0 atom stereocenters. The molecule has 0 saturated carbocycles. The van der Waals surface area contributed by atoms with Crippen molar-refractivity contribution in [1.29, 1.82) is 0 Å². The van der Waals surface area contributed by atoms with E-state index in [-0.39, 0.29) is 10.6 Å². The second-order valence-electron chi connectivity index (χ2n) is 4.42. The van der Waals surface area contributed by atoms with Gasteiger partial charge in [-0.25, -0.2) is 13.6 Å². The van der Waals surface area contributed by atoms with Gasteiger partial charge in [0.05, 0.1) is 12.0 Å². The van der Waals surface area contributed by atoms with Crippen LogP contribution < -0.4 is 15.2 Å². The Labute approximate surface area is 123 Å². The highest BCUT2D eigenvalue weighted by molar-refractivity contribution is 7.89. The summed E-state index contributed by atoms with van der Waals surface area (Å²) in [6.07, 6.45) is 0. The first-order valence-corrected chi connectivity index (χ1v) is 7.67. The molecule has 0 aromatic heterocycles. The maximum absolute atomic E-state index is 11.1. The first kappa shape index (κ1) is 15.1. The van der Waals surface area contributed by atoms with Gasteiger partial charge in [-0.15, -0.1) is 0 Å². The molecule has 2 aromatic carbocycles. The summed E-state index contributed by atoms with van der Waals surface area (Å²) in [7, 11) is -2.16. The summed E-state index contributed by atoms with van der Waals surface area (Å²) in [4.78, 5) is 0.0559. The highest BCUT2D eigenvalue weighted by atomic mass is 32.2. The average Bonchev–Trinajstić information content (AvgIpc) is 2.45. The van der Waals surface area contributed by atoms with Crippen molar-refractivity contribution in [3.8, 4) is 11.5 Å². The summed E-state index contributed by atoms with van der Waals surface area (Å²) in [5, 5.41) is 17.9. The third-order valence-electron chi connectivity index (χ3n) is 2.96. The molecule has 0 fully saturated rings. The van der Waals surface area contributed by atoms with Crippen molar-refractivity contribution < 1.29 is 18.3 Å². The monoisotopic (exact) mass is 308 g/mol. The largest absolute Gasteiger partial charge is 0.507 e. The zero-order chi connectivity index (χ0) is 15.5. The predicted molar refractivity (Wildman–Crippen MR) is 79.8 cm³/mol. The van der Waals surface area contributed by atoms with Crippen LogP contribution in [0.15, 0.2) is 47.4 Å². The molecule has 0 unspecified atom stereocenters. The van der Waals surface area contributed by atoms with Crippen LogP contribution in [-0.4, -0.2) is 20.6 Å². The molecule has 0 aliphatic rings. The van der Waals surface area contributed by atoms with Gasteiger partial charge in [-0.2, -0.15) is 0 Å². The van der Waals surface area contributed by atoms with Gasteiger partial charge in [0, 0.05) is 23.9 Å². The van der Waals surface area contributed by atoms with Crippen molar-refractivity contribution in [3.05, 3.63) is 48.0 Å². The third-order valence-corrected chi connectivity index (χ3v) is 3.89. The summed E-state index contributed by atoms with van der Waals surface area (Å²) >= 11 is 0. The average molecular weight is 308 g/mol. The molecule has 0 spiro atoms. The van der Waals surface area contributed by atoms with E-state index in [1.165, 1.54) is 25.3 Å². The fourth-order valence-corrected chi connectivity index (χ4v) is 2.30. The van der Waals surface area contributed by atoms with E-state index >= 15 is 0 Å². The van der Waals surface area contributed by atoms with E-state index in [4.69, 9.17) is 9.88 Å². The number of phenols is 1. The number of nitrogens with two attached hydrogens (primary N) is 1. The van der Waals surface area contributed by atoms with Gasteiger partial charge >= 0.3 is 0 Å². The maximum atomic E-state index is 11.1. The number of anilines is 1. The molecule has 112 valence electrons. The molecule has 7 heteroatoms. The number of hydrogen-bond acceptors (Lipinski definition) is 5. The summed E-state index contributed by atoms with van der Waals surface area (Å²) in [6.45, 7) is 0.393. The Hall–Kier alpha value is -2.25. The fourth-order valence-electron chi connectivity index (χ4n) is 1.78. The highest BCUT2D eigenvalue weighted by Crippen LogP contribution is 2.24. The van der Waals surface area contributed by atoms with Gasteiger partial charge in [0.25, 0.3) is 0 Å². The van der Waals surface area contributed by atoms with Crippen LogP contribution in [0.25, 0.3) is 0 Å². The Morgan fingerprint density at radius 1 is 1.19 bits per heavy atom. The van der Waals surface area contributed by atoms with Crippen molar-refractivity contribution >= 4 is 15.7 Å². The lowest BCUT2D eigenvalue weighted by molar-refractivity contribution is 0.406. The molecule has 2 rings (SSSR count). The number of rotatable bonds is 5. The topological polar surface area (TPSA) is 102 Å². The minimum absolute atomic E-state index is 0.0559. The minimum atomic E-state index is -3.68. The summed E-state index contributed by atoms with van der Waals surface area (Å²) in [6, 6.07) is 11.1. The third kappa shape index (κ3) is 3.87. The van der Waals surface area contributed by atoms with Crippen LogP contribution >= 0.6 is 0 Å². The predicted octanol–water partition coefficient (Wildman–Crippen LogP) is 1.66. The number of benzene rings is 2. The lowest BCUT2D eigenvalue weighted by Crippen LogP contribution is -2.12. The molecular weight excluding hydrogens is 292 g/mol. The van der Waals surface area contributed by atoms with E-state index in [9.17, 15) is 13.5 Å². The van der Waals surface area contributed by atoms with Gasteiger partial charge in [0.1, 0.15) is 11.5 Å². The molecule has 4 N–H and O–H groups in total. The van der Waals surface area contributed by atoms with Crippen molar-refractivity contribution in [1.82, 2.24) is 0 Å². The number of aromatic hydroxyl groups is 1. The van der Waals surface area contributed by atoms with E-state index < -0.39 is 10.0 Å². The van der Waals surface area contributed by atoms with Gasteiger partial charge in [-0.3, -0.25) is 0 Å². The molecule has 0 radical (unpaired) electrons. The van der Waals surface area contributed by atoms with Gasteiger partial charge in [0.15, 0.2) is 0 Å². The van der Waals surface area contributed by atoms with Crippen LogP contribution in [0.2, 0.25) is 0 Å². The quantitative estimate of drug-likeness (QED) is 0.779. The molecule has 0 amide bonds. The lowest BCUT2D eigenvalue weighted by atomic mass is 10.2. The first-order chi connectivity index (χ1) is 9.90. The van der Waals surface area contributed by atoms with Crippen LogP contribution in [0.3, 0.4) is 0 Å². The Morgan fingerprint density at radius 2 is 1.86 bits per heavy atom. The number of methoxy groups -OCH3 is 1. The van der Waals surface area contributed by atoms with Gasteiger partial charge < -0.3 is 15.2 Å². The molecule has 21 heavy (non-hydrogen) atoms. The molecular formula is C14H16N2O4S. The van der Waals surface area contributed by atoms with Gasteiger partial charge in [0.2, 0.25) is 10.0 Å². The van der Waals surface area contributed by atoms with E-state index in [1.807, 2.05) is 0 Å². The van der Waals surface area contributed by atoms with Crippen LogP contribution in [0.5, 0.6) is 11.5 Å². The SMILES string of the molecule is COc1ccc(CNc2ccc(S(N)(=O)=O)cc2)c(O)c1. The number of sulfonamides is 1. The standard InChI is InChI=1S/C14H16N2O4S/c1-20-12-5-2-10(14(17)8-12)9-16-11-3-6-13(7-4-11)21(15,18)19/h2-8,16-17H,9H2,1H3,(H2,15,18,19). The van der Waals surface area contributed by atoms with E-state index in [1.54, 1.807) is 24.3 Å². The van der Waals surface area contributed by atoms with Crippen molar-refractivity contribution in [3.63, 3.8) is 0 Å². The Kier molecular flexibility index (Phi) is 4.35. The van der Waals surface area contributed by atoms with Crippen molar-refractivity contribution in [2.45, 2.75) is 11.4 Å². The number of primary sulfonamides is 1. The molecule has 0 aliphatic heterocycles. The first-order valence-electron chi connectivity index (χ1n) is 6.13. The fraction of sp³-hybridized carbons (Fsp3) is 0.143. The zero-order valence-electron chi connectivity index (χ0n) is 11.4.